The van der Waals surface area contributed by atoms with Gasteiger partial charge in [0.1, 0.15) is 24.2 Å². The van der Waals surface area contributed by atoms with Crippen molar-refractivity contribution in [3.63, 3.8) is 0 Å². The summed E-state index contributed by atoms with van der Waals surface area (Å²) >= 11 is 0.876. The van der Waals surface area contributed by atoms with Crippen molar-refractivity contribution in [3.05, 3.63) is 141 Å². The third kappa shape index (κ3) is 13.1. The number of nitrogens with two attached hydrogens (primary N) is 1. The van der Waals surface area contributed by atoms with Gasteiger partial charge in [0.2, 0.25) is 41.4 Å². The first-order valence-electron chi connectivity index (χ1n) is 28.0. The molecule has 25 heteroatoms. The van der Waals surface area contributed by atoms with Crippen LogP contribution in [0.1, 0.15) is 112 Å². The quantitative estimate of drug-likeness (QED) is 0.0283. The van der Waals surface area contributed by atoms with E-state index in [-0.39, 0.29) is 86.1 Å². The molecule has 5 aromatic rings. The molecular weight excluding hydrogens is 1140 g/mol. The Labute approximate surface area is 491 Å². The number of primary amides is 1. The second-order valence-electron chi connectivity index (χ2n) is 22.0. The third-order valence-electron chi connectivity index (χ3n) is 16.3. The van der Waals surface area contributed by atoms with Crippen LogP contribution in [0.4, 0.5) is 8.78 Å². The van der Waals surface area contributed by atoms with Crippen molar-refractivity contribution in [1.82, 2.24) is 40.9 Å². The first-order chi connectivity index (χ1) is 40.6. The zero-order chi connectivity index (χ0) is 60.3. The Balaban J connectivity index is 0.823. The van der Waals surface area contributed by atoms with E-state index in [1.54, 1.807) is 12.1 Å². The number of unbranched alkanes of at least 4 members (excludes halogenated alkanes) is 1. The number of fused-ring (bicyclic) bond motifs is 3. The monoisotopic (exact) mass is 1200 g/mol. The van der Waals surface area contributed by atoms with Crippen LogP contribution >= 0.6 is 18.9 Å². The van der Waals surface area contributed by atoms with Gasteiger partial charge in [-0.3, -0.25) is 53.0 Å². The van der Waals surface area contributed by atoms with Crippen LogP contribution in [-0.2, 0) is 50.3 Å². The molecule has 2 unspecified atom stereocenters. The molecule has 0 spiro atoms. The maximum absolute atomic E-state index is 15.1. The number of hydrogen-bond donors (Lipinski definition) is 7. The predicted octanol–water partition coefficient (Wildman–Crippen LogP) is 4.00. The molecule has 0 radical (unpaired) electrons. The number of hydrogen-bond acceptors (Lipinski definition) is 12. The lowest BCUT2D eigenvalue weighted by Gasteiger charge is -2.43. The molecule has 5 atom stereocenters. The third-order valence-corrected chi connectivity index (χ3v) is 18.4. The number of imide groups is 1. The van der Waals surface area contributed by atoms with Crippen LogP contribution in [0.25, 0.3) is 10.1 Å². The van der Waals surface area contributed by atoms with Gasteiger partial charge in [-0.05, 0) is 97.5 Å². The van der Waals surface area contributed by atoms with Crippen LogP contribution in [0.3, 0.4) is 0 Å². The summed E-state index contributed by atoms with van der Waals surface area (Å²) in [6, 6.07) is 21.9. The van der Waals surface area contributed by atoms with Crippen LogP contribution in [0, 0.1) is 17.8 Å². The fourth-order valence-electron chi connectivity index (χ4n) is 11.8. The molecule has 444 valence electrons. The molecule has 5 aliphatic heterocycles. The standard InChI is InChI=1S/C60H62F2N9O12PS/c61-60(62,84(81,82)83)40-18-23-48-38(29-40)30-49(85-48)56(77)65-45-34-69(57(78)39-31-68(32-39)27-9-3-8-11-35-16-10-17-42-43(35)33-70(58(42)79)46-22-25-51(73)66-54(46)75)28-26-41-19-21-47(71(41)59(45)80)55(76)64-44(20-24-50(63)72)53(74)67-52(36-12-4-1-5-13-36)37-14-6-2-7-15-37/h1-2,4-7,10,12-18,23,29-30,39,41,44-47,52H,3,9,19-22,24-28,31-34H2,(H2,63,72)(H,64,76)(H,65,77)(H,67,74)(H,66,73,75)(H2,81,82,83)/t41-,44?,45+,46?,47+/m1/s1. The Hall–Kier alpha value is -8.20. The van der Waals surface area contributed by atoms with Gasteiger partial charge in [0.25, 0.3) is 11.8 Å². The van der Waals surface area contributed by atoms with E-state index < -0.39 is 96.4 Å². The average Bonchev–Trinajstić information content (AvgIpc) is 2.92. The lowest BCUT2D eigenvalue weighted by Crippen LogP contribution is -2.63. The Morgan fingerprint density at radius 3 is 2.26 bits per heavy atom. The van der Waals surface area contributed by atoms with Gasteiger partial charge in [-0.2, -0.15) is 8.78 Å². The molecule has 9 amide bonds. The minimum Gasteiger partial charge on any atom is -0.370 e. The summed E-state index contributed by atoms with van der Waals surface area (Å²) in [7, 11) is -5.92. The molecule has 10 rings (SSSR count). The van der Waals surface area contributed by atoms with Gasteiger partial charge in [-0.25, -0.2) is 0 Å². The van der Waals surface area contributed by atoms with Gasteiger partial charge in [0.05, 0.1) is 16.8 Å². The number of likely N-dealkylation sites (tertiary alicyclic amines) is 1. The first kappa shape index (κ1) is 59.9. The molecule has 85 heavy (non-hydrogen) atoms. The number of alkyl halides is 2. The van der Waals surface area contributed by atoms with E-state index in [1.165, 1.54) is 26.8 Å². The van der Waals surface area contributed by atoms with E-state index >= 15 is 4.79 Å². The minimum atomic E-state index is -5.92. The van der Waals surface area contributed by atoms with Crippen molar-refractivity contribution >= 4 is 82.2 Å². The van der Waals surface area contributed by atoms with Crippen molar-refractivity contribution in [2.75, 3.05) is 32.7 Å². The van der Waals surface area contributed by atoms with Crippen molar-refractivity contribution in [3.8, 4) is 11.8 Å². The minimum absolute atomic E-state index is 0.0437. The lowest BCUT2D eigenvalue weighted by atomic mass is 9.96. The van der Waals surface area contributed by atoms with Gasteiger partial charge in [0, 0.05) is 79.4 Å². The number of carbonyl (C=O) groups excluding carboxylic acids is 9. The summed E-state index contributed by atoms with van der Waals surface area (Å²) in [5, 5.41) is 11.0. The summed E-state index contributed by atoms with van der Waals surface area (Å²) in [6.45, 7) is 1.46. The average molecular weight is 1200 g/mol. The molecule has 0 bridgehead atoms. The molecule has 5 aliphatic rings. The van der Waals surface area contributed by atoms with Crippen LogP contribution in [0.2, 0.25) is 0 Å². The molecule has 4 saturated heterocycles. The Kier molecular flexibility index (Phi) is 17.8. The number of piperidine rings is 1. The predicted molar refractivity (Wildman–Crippen MR) is 306 cm³/mol. The van der Waals surface area contributed by atoms with Crippen LogP contribution in [0.5, 0.6) is 0 Å². The molecule has 21 nitrogen and oxygen atoms in total. The largest absolute Gasteiger partial charge is 0.399 e. The summed E-state index contributed by atoms with van der Waals surface area (Å²) in [6.07, 6.45) is 1.85. The fraction of sp³-hybridized carbons (Fsp3) is 0.383. The Bertz CT molecular complexity index is 3550. The number of nitrogens with one attached hydrogen (secondary N) is 4. The van der Waals surface area contributed by atoms with Crippen LogP contribution in [0.15, 0.2) is 103 Å². The highest BCUT2D eigenvalue weighted by Crippen LogP contribution is 2.59. The van der Waals surface area contributed by atoms with Crippen LogP contribution < -0.4 is 27.0 Å². The number of nitrogens with zero attached hydrogens (tertiary/aromatic N) is 4. The zero-order valence-corrected chi connectivity index (χ0v) is 47.6. The second kappa shape index (κ2) is 25.2. The zero-order valence-electron chi connectivity index (χ0n) is 45.9. The SMILES string of the molecule is NC(=O)CCC(NC(=O)[C@@H]1CC[C@@H]2CCN(C(=O)C3CN(CCCC#Cc4cccc5c4CN(C4CCC(=O)NC4=O)C5=O)C3)C[C@H](NC(=O)c3cc4cc(C(F)(F)P(=O)(O)O)ccc4s3)C(=O)N21)C(=O)NC(c1ccccc1)c1ccccc1. The molecular formula is C60H62F2N9O12PS. The van der Waals surface area contributed by atoms with Crippen LogP contribution in [-0.4, -0.2) is 145 Å². The molecule has 1 aromatic heterocycles. The molecule has 8 N–H and O–H groups in total. The first-order valence-corrected chi connectivity index (χ1v) is 30.4. The maximum Gasteiger partial charge on any atom is 0.399 e. The van der Waals surface area contributed by atoms with Crippen molar-refractivity contribution in [2.24, 2.45) is 11.7 Å². The molecule has 0 aliphatic carbocycles. The van der Waals surface area contributed by atoms with E-state index in [0.29, 0.717) is 54.7 Å². The van der Waals surface area contributed by atoms with Gasteiger partial charge in [-0.1, -0.05) is 84.6 Å². The maximum atomic E-state index is 15.1. The second-order valence-corrected chi connectivity index (χ2v) is 24.7. The normalized spacial score (nSPS) is 20.6. The lowest BCUT2D eigenvalue weighted by molar-refractivity contribution is -0.148. The fourth-order valence-corrected chi connectivity index (χ4v) is 13.2. The van der Waals surface area contributed by atoms with Gasteiger partial charge < -0.3 is 51.1 Å². The Morgan fingerprint density at radius 2 is 1.58 bits per heavy atom. The van der Waals surface area contributed by atoms with Crippen molar-refractivity contribution in [2.45, 2.75) is 106 Å². The number of benzene rings is 4. The number of halogens is 2. The molecule has 0 saturated carbocycles. The highest BCUT2D eigenvalue weighted by molar-refractivity contribution is 7.52. The molecule has 4 aromatic carbocycles. The highest BCUT2D eigenvalue weighted by atomic mass is 32.1. The summed E-state index contributed by atoms with van der Waals surface area (Å²) in [4.78, 5) is 148. The summed E-state index contributed by atoms with van der Waals surface area (Å²) < 4.78 is 41.6. The highest BCUT2D eigenvalue weighted by Gasteiger charge is 2.51. The smallest absolute Gasteiger partial charge is 0.370 e. The number of amides is 9. The number of carbonyl (C=O) groups is 9. The Morgan fingerprint density at radius 1 is 0.859 bits per heavy atom. The van der Waals surface area contributed by atoms with E-state index in [4.69, 9.17) is 5.73 Å². The van der Waals surface area contributed by atoms with Crippen molar-refractivity contribution < 1.29 is 66.3 Å². The van der Waals surface area contributed by atoms with E-state index in [1.807, 2.05) is 66.7 Å². The molecule has 6 heterocycles. The molecule has 4 fully saturated rings. The van der Waals surface area contributed by atoms with Gasteiger partial charge in [-0.15, -0.1) is 11.3 Å². The number of rotatable bonds is 18. The van der Waals surface area contributed by atoms with Crippen molar-refractivity contribution in [1.29, 1.82) is 0 Å². The van der Waals surface area contributed by atoms with E-state index in [0.717, 1.165) is 40.2 Å². The summed E-state index contributed by atoms with van der Waals surface area (Å²) in [5.41, 5.74) is 3.41. The summed E-state index contributed by atoms with van der Waals surface area (Å²) in [5.74, 6) is 0.975. The number of thiophene rings is 1. The van der Waals surface area contributed by atoms with E-state index in [2.05, 4.69) is 38.0 Å². The van der Waals surface area contributed by atoms with Gasteiger partial charge in [0.15, 0.2) is 0 Å². The van der Waals surface area contributed by atoms with Gasteiger partial charge >= 0.3 is 13.3 Å². The van der Waals surface area contributed by atoms with E-state index in [9.17, 15) is 61.5 Å². The topological polar surface area (TPSA) is 298 Å².